The quantitative estimate of drug-likeness (QED) is 0.656. The number of hydrogen-bond donors (Lipinski definition) is 1. The van der Waals surface area contributed by atoms with Gasteiger partial charge in [-0.15, -0.1) is 0 Å². The highest BCUT2D eigenvalue weighted by atomic mass is 16.5. The van der Waals surface area contributed by atoms with E-state index in [1.165, 1.54) is 12.5 Å². The van der Waals surface area contributed by atoms with Crippen LogP contribution in [0.3, 0.4) is 0 Å². The number of hydrogen-bond acceptors (Lipinski definition) is 5. The van der Waals surface area contributed by atoms with Gasteiger partial charge in [-0.05, 0) is 37.5 Å². The first-order valence-electron chi connectivity index (χ1n) is 7.72. The number of carbonyl (C=O) groups is 1. The molecule has 2 rings (SSSR count). The van der Waals surface area contributed by atoms with Gasteiger partial charge in [-0.25, -0.2) is 0 Å². The summed E-state index contributed by atoms with van der Waals surface area (Å²) in [6.45, 7) is 8.21. The lowest BCUT2D eigenvalue weighted by molar-refractivity contribution is -0.131. The fourth-order valence-corrected chi connectivity index (χ4v) is 2.56. The topological polar surface area (TPSA) is 64.1 Å². The molecule has 0 bridgehead atoms. The third-order valence-electron chi connectivity index (χ3n) is 3.55. The fourth-order valence-electron chi connectivity index (χ4n) is 2.56. The Labute approximate surface area is 137 Å². The minimum Gasteiger partial charge on any atom is -0.426 e. The summed E-state index contributed by atoms with van der Waals surface area (Å²) in [6, 6.07) is 4.39. The molecule has 0 aliphatic carbocycles. The van der Waals surface area contributed by atoms with Crippen molar-refractivity contribution in [3.8, 4) is 5.75 Å². The predicted octanol–water partition coefficient (Wildman–Crippen LogP) is 2.74. The lowest BCUT2D eigenvalue weighted by Crippen LogP contribution is -2.28. The second-order valence-electron chi connectivity index (χ2n) is 5.84. The molecule has 1 aromatic heterocycles. The summed E-state index contributed by atoms with van der Waals surface area (Å²) in [5.41, 5.74) is 4.09. The number of nitrogens with one attached hydrogen (secondary N) is 1. The van der Waals surface area contributed by atoms with Crippen LogP contribution in [0, 0.1) is 13.8 Å². The van der Waals surface area contributed by atoms with Crippen molar-refractivity contribution in [2.24, 2.45) is 0 Å². The Morgan fingerprint density at radius 3 is 2.52 bits per heavy atom. The Hall–Kier alpha value is -2.27. The average Bonchev–Trinajstić information content (AvgIpc) is 2.50. The van der Waals surface area contributed by atoms with Gasteiger partial charge in [0.1, 0.15) is 5.75 Å². The first kappa shape index (κ1) is 17.1. The van der Waals surface area contributed by atoms with Gasteiger partial charge < -0.3 is 10.1 Å². The van der Waals surface area contributed by atoms with Crippen LogP contribution in [0.2, 0.25) is 0 Å². The normalized spacial score (nSPS) is 12.0. The fraction of sp³-hybridized carbons (Fsp3) is 0.389. The zero-order chi connectivity index (χ0) is 16.8. The number of rotatable bonds is 6. The van der Waals surface area contributed by atoms with Crippen molar-refractivity contribution in [3.63, 3.8) is 0 Å². The Morgan fingerprint density at radius 1 is 1.26 bits per heavy atom. The Bertz CT molecular complexity index is 648. The van der Waals surface area contributed by atoms with Crippen LogP contribution in [0.15, 0.2) is 30.7 Å². The van der Waals surface area contributed by atoms with E-state index < -0.39 is 0 Å². The van der Waals surface area contributed by atoms with Crippen LogP contribution in [0.25, 0.3) is 0 Å². The lowest BCUT2D eigenvalue weighted by Gasteiger charge is -2.15. The van der Waals surface area contributed by atoms with Crippen LogP contribution in [-0.4, -0.2) is 22.0 Å². The van der Waals surface area contributed by atoms with Crippen molar-refractivity contribution in [1.29, 1.82) is 0 Å². The molecule has 0 aliphatic rings. The zero-order valence-corrected chi connectivity index (χ0v) is 14.1. The number of carbonyl (C=O) groups excluding carboxylic acids is 1. The molecule has 0 aliphatic heterocycles. The molecule has 1 N–H and O–H groups in total. The van der Waals surface area contributed by atoms with Crippen molar-refractivity contribution >= 4 is 5.97 Å². The van der Waals surface area contributed by atoms with Crippen molar-refractivity contribution < 1.29 is 9.53 Å². The van der Waals surface area contributed by atoms with E-state index in [0.717, 1.165) is 29.8 Å². The molecule has 5 nitrogen and oxygen atoms in total. The SMILES string of the molecule is CC(=O)Oc1c(C)cc(CNC(C)Cc2cnccn2)cc1C. The Kier molecular flexibility index (Phi) is 5.82. The van der Waals surface area contributed by atoms with Crippen LogP contribution >= 0.6 is 0 Å². The molecular formula is C18H23N3O2. The predicted molar refractivity (Wildman–Crippen MR) is 89.3 cm³/mol. The van der Waals surface area contributed by atoms with Crippen molar-refractivity contribution in [2.75, 3.05) is 0 Å². The molecule has 1 atom stereocenters. The van der Waals surface area contributed by atoms with E-state index in [4.69, 9.17) is 4.74 Å². The van der Waals surface area contributed by atoms with Crippen LogP contribution < -0.4 is 10.1 Å². The van der Waals surface area contributed by atoms with Gasteiger partial charge in [-0.2, -0.15) is 0 Å². The van der Waals surface area contributed by atoms with Crippen LogP contribution in [-0.2, 0) is 17.8 Å². The van der Waals surface area contributed by atoms with Gasteiger partial charge in [0, 0.05) is 44.5 Å². The van der Waals surface area contributed by atoms with E-state index in [2.05, 4.69) is 22.2 Å². The first-order valence-corrected chi connectivity index (χ1v) is 7.72. The summed E-state index contributed by atoms with van der Waals surface area (Å²) in [6.07, 6.45) is 6.01. The van der Waals surface area contributed by atoms with Crippen LogP contribution in [0.4, 0.5) is 0 Å². The van der Waals surface area contributed by atoms with Gasteiger partial charge in [0.15, 0.2) is 0 Å². The number of esters is 1. The Morgan fingerprint density at radius 2 is 1.96 bits per heavy atom. The van der Waals surface area contributed by atoms with E-state index in [0.29, 0.717) is 11.8 Å². The number of aromatic nitrogens is 2. The number of nitrogens with zero attached hydrogens (tertiary/aromatic N) is 2. The third-order valence-corrected chi connectivity index (χ3v) is 3.55. The molecule has 0 spiro atoms. The molecule has 2 aromatic rings. The largest absolute Gasteiger partial charge is 0.426 e. The number of ether oxygens (including phenoxy) is 1. The maximum Gasteiger partial charge on any atom is 0.308 e. The molecule has 0 amide bonds. The van der Waals surface area contributed by atoms with Gasteiger partial charge in [0.2, 0.25) is 0 Å². The van der Waals surface area contributed by atoms with E-state index in [1.807, 2.05) is 26.0 Å². The highest BCUT2D eigenvalue weighted by molar-refractivity contribution is 5.70. The summed E-state index contributed by atoms with van der Waals surface area (Å²) < 4.78 is 5.26. The number of benzene rings is 1. The summed E-state index contributed by atoms with van der Waals surface area (Å²) >= 11 is 0. The van der Waals surface area contributed by atoms with Crippen LogP contribution in [0.1, 0.15) is 36.2 Å². The standard InChI is InChI=1S/C18H23N3O2/c1-12-7-16(8-13(2)18(12)23-15(4)22)10-21-14(3)9-17-11-19-5-6-20-17/h5-8,11,14,21H,9-10H2,1-4H3. The molecule has 5 heteroatoms. The lowest BCUT2D eigenvalue weighted by atomic mass is 10.0. The second-order valence-corrected chi connectivity index (χ2v) is 5.84. The van der Waals surface area contributed by atoms with E-state index in [-0.39, 0.29) is 5.97 Å². The zero-order valence-electron chi connectivity index (χ0n) is 14.1. The first-order chi connectivity index (χ1) is 11.0. The van der Waals surface area contributed by atoms with Gasteiger partial charge in [-0.1, -0.05) is 12.1 Å². The highest BCUT2D eigenvalue weighted by Crippen LogP contribution is 2.25. The molecule has 0 radical (unpaired) electrons. The van der Waals surface area contributed by atoms with Crippen molar-refractivity contribution in [2.45, 2.75) is 46.7 Å². The number of aryl methyl sites for hydroxylation is 2. The maximum atomic E-state index is 11.1. The molecule has 1 unspecified atom stereocenters. The summed E-state index contributed by atoms with van der Waals surface area (Å²) in [7, 11) is 0. The molecule has 23 heavy (non-hydrogen) atoms. The van der Waals surface area contributed by atoms with E-state index in [1.54, 1.807) is 18.6 Å². The van der Waals surface area contributed by atoms with Crippen molar-refractivity contribution in [3.05, 3.63) is 53.1 Å². The Balaban J connectivity index is 1.96. The highest BCUT2D eigenvalue weighted by Gasteiger charge is 2.10. The average molecular weight is 313 g/mol. The van der Waals surface area contributed by atoms with E-state index in [9.17, 15) is 4.79 Å². The molecule has 122 valence electrons. The molecule has 1 heterocycles. The molecule has 1 aromatic carbocycles. The summed E-state index contributed by atoms with van der Waals surface area (Å²) in [4.78, 5) is 19.5. The summed E-state index contributed by atoms with van der Waals surface area (Å²) in [5.74, 6) is 0.369. The molecular weight excluding hydrogens is 290 g/mol. The minimum absolute atomic E-state index is 0.292. The second kappa shape index (κ2) is 7.83. The van der Waals surface area contributed by atoms with E-state index >= 15 is 0 Å². The van der Waals surface area contributed by atoms with Crippen LogP contribution in [0.5, 0.6) is 5.75 Å². The molecule has 0 fully saturated rings. The van der Waals surface area contributed by atoms with Gasteiger partial charge in [0.25, 0.3) is 0 Å². The third kappa shape index (κ3) is 5.14. The van der Waals surface area contributed by atoms with Gasteiger partial charge >= 0.3 is 5.97 Å². The smallest absolute Gasteiger partial charge is 0.308 e. The molecule has 0 saturated carbocycles. The summed E-state index contributed by atoms with van der Waals surface area (Å²) in [5, 5.41) is 3.49. The van der Waals surface area contributed by atoms with Gasteiger partial charge in [0.05, 0.1) is 5.69 Å². The molecule has 0 saturated heterocycles. The van der Waals surface area contributed by atoms with Gasteiger partial charge in [-0.3, -0.25) is 14.8 Å². The maximum absolute atomic E-state index is 11.1. The van der Waals surface area contributed by atoms with Crippen molar-refractivity contribution in [1.82, 2.24) is 15.3 Å². The monoisotopic (exact) mass is 313 g/mol. The minimum atomic E-state index is -0.292.